The first kappa shape index (κ1) is 18.0. The molecule has 0 radical (unpaired) electrons. The van der Waals surface area contributed by atoms with Crippen molar-refractivity contribution in [3.05, 3.63) is 0 Å². The molecule has 4 nitrogen and oxygen atoms in total. The highest BCUT2D eigenvalue weighted by Crippen LogP contribution is 2.40. The maximum atomic E-state index is 11.9. The van der Waals surface area contributed by atoms with Gasteiger partial charge >= 0.3 is 11.8 Å². The molecule has 21 heavy (non-hydrogen) atoms. The third-order valence-electron chi connectivity index (χ3n) is 5.27. The molecule has 0 aliphatic heterocycles. The van der Waals surface area contributed by atoms with Crippen LogP contribution in [0.25, 0.3) is 0 Å². The van der Waals surface area contributed by atoms with Crippen LogP contribution in [-0.4, -0.2) is 23.9 Å². The van der Waals surface area contributed by atoms with Gasteiger partial charge in [0.2, 0.25) is 0 Å². The average molecular weight is 296 g/mol. The minimum Gasteiger partial charge on any atom is -0.345 e. The predicted octanol–water partition coefficient (Wildman–Crippen LogP) is 3.01. The summed E-state index contributed by atoms with van der Waals surface area (Å²) in [5.74, 6) is -0.251. The summed E-state index contributed by atoms with van der Waals surface area (Å²) < 4.78 is 0. The maximum absolute atomic E-state index is 11.9. The Bertz CT molecular complexity index is 358. The van der Waals surface area contributed by atoms with Crippen molar-refractivity contribution >= 4 is 11.8 Å². The quantitative estimate of drug-likeness (QED) is 0.766. The molecule has 0 aromatic rings. The number of carbonyl (C=O) groups is 2. The maximum Gasteiger partial charge on any atom is 0.309 e. The molecule has 0 heterocycles. The summed E-state index contributed by atoms with van der Waals surface area (Å²) in [4.78, 5) is 23.6. The van der Waals surface area contributed by atoms with E-state index < -0.39 is 11.8 Å². The second-order valence-corrected chi connectivity index (χ2v) is 7.15. The van der Waals surface area contributed by atoms with Crippen molar-refractivity contribution in [2.75, 3.05) is 0 Å². The fraction of sp³-hybridized carbons (Fsp3) is 0.882. The van der Waals surface area contributed by atoms with Crippen LogP contribution in [0.2, 0.25) is 0 Å². The van der Waals surface area contributed by atoms with Crippen LogP contribution in [0.15, 0.2) is 0 Å². The van der Waals surface area contributed by atoms with Gasteiger partial charge in [0.15, 0.2) is 0 Å². The number of hydrogen-bond donors (Lipinski definition) is 2. The van der Waals surface area contributed by atoms with Crippen LogP contribution in [0.1, 0.15) is 73.1 Å². The van der Waals surface area contributed by atoms with Gasteiger partial charge in [0.1, 0.15) is 0 Å². The van der Waals surface area contributed by atoms with Gasteiger partial charge < -0.3 is 10.6 Å². The van der Waals surface area contributed by atoms with E-state index >= 15 is 0 Å². The molecule has 0 aromatic carbocycles. The van der Waals surface area contributed by atoms with E-state index in [1.165, 1.54) is 6.42 Å². The molecular weight excluding hydrogens is 264 g/mol. The molecule has 0 unspecified atom stereocenters. The SMILES string of the molecule is CC[C@H](C)NC(=O)C(=O)NC1CCC(C(C)(C)CC)CC1. The van der Waals surface area contributed by atoms with Crippen molar-refractivity contribution in [3.8, 4) is 0 Å². The lowest BCUT2D eigenvalue weighted by atomic mass is 9.69. The van der Waals surface area contributed by atoms with Gasteiger partial charge in [0, 0.05) is 12.1 Å². The van der Waals surface area contributed by atoms with Gasteiger partial charge in [-0.1, -0.05) is 34.1 Å². The van der Waals surface area contributed by atoms with Crippen LogP contribution in [0.4, 0.5) is 0 Å². The average Bonchev–Trinajstić information content (AvgIpc) is 2.47. The van der Waals surface area contributed by atoms with Crippen molar-refractivity contribution in [2.45, 2.75) is 85.2 Å². The molecule has 1 rings (SSSR count). The Kier molecular flexibility index (Phi) is 6.69. The largest absolute Gasteiger partial charge is 0.345 e. The monoisotopic (exact) mass is 296 g/mol. The van der Waals surface area contributed by atoms with Crippen LogP contribution in [0.3, 0.4) is 0 Å². The lowest BCUT2D eigenvalue weighted by Gasteiger charge is -2.39. The molecule has 0 spiro atoms. The van der Waals surface area contributed by atoms with Crippen molar-refractivity contribution in [1.82, 2.24) is 10.6 Å². The van der Waals surface area contributed by atoms with Crippen LogP contribution >= 0.6 is 0 Å². The van der Waals surface area contributed by atoms with Crippen molar-refractivity contribution in [3.63, 3.8) is 0 Å². The third kappa shape index (κ3) is 5.33. The molecular formula is C17H32N2O2. The molecule has 122 valence electrons. The van der Waals surface area contributed by atoms with Gasteiger partial charge in [-0.2, -0.15) is 0 Å². The van der Waals surface area contributed by atoms with E-state index in [2.05, 4.69) is 31.4 Å². The first-order chi connectivity index (χ1) is 9.80. The predicted molar refractivity (Wildman–Crippen MR) is 85.9 cm³/mol. The van der Waals surface area contributed by atoms with Crippen LogP contribution in [-0.2, 0) is 9.59 Å². The highest BCUT2D eigenvalue weighted by molar-refractivity contribution is 6.35. The van der Waals surface area contributed by atoms with Gasteiger partial charge in [-0.3, -0.25) is 9.59 Å². The van der Waals surface area contributed by atoms with E-state index in [0.717, 1.165) is 38.0 Å². The van der Waals surface area contributed by atoms with E-state index in [1.54, 1.807) is 0 Å². The topological polar surface area (TPSA) is 58.2 Å². The first-order valence-electron chi connectivity index (χ1n) is 8.41. The van der Waals surface area contributed by atoms with Crippen molar-refractivity contribution in [2.24, 2.45) is 11.3 Å². The summed E-state index contributed by atoms with van der Waals surface area (Å²) in [7, 11) is 0. The Morgan fingerprint density at radius 3 is 2.14 bits per heavy atom. The number of amides is 2. The molecule has 1 aliphatic rings. The fourth-order valence-corrected chi connectivity index (χ4v) is 2.95. The Hall–Kier alpha value is -1.06. The zero-order valence-corrected chi connectivity index (χ0v) is 14.3. The summed E-state index contributed by atoms with van der Waals surface area (Å²) in [5, 5.41) is 5.60. The molecule has 1 atom stereocenters. The molecule has 2 amide bonds. The normalized spacial score (nSPS) is 24.2. The van der Waals surface area contributed by atoms with E-state index in [-0.39, 0.29) is 12.1 Å². The number of nitrogens with one attached hydrogen (secondary N) is 2. The summed E-state index contributed by atoms with van der Waals surface area (Å²) >= 11 is 0. The first-order valence-corrected chi connectivity index (χ1v) is 8.41. The third-order valence-corrected chi connectivity index (χ3v) is 5.27. The van der Waals surface area contributed by atoms with Crippen LogP contribution < -0.4 is 10.6 Å². The Morgan fingerprint density at radius 2 is 1.67 bits per heavy atom. The summed E-state index contributed by atoms with van der Waals surface area (Å²) in [5.41, 5.74) is 0.378. The Balaban J connectivity index is 2.39. The molecule has 0 bridgehead atoms. The molecule has 1 aliphatic carbocycles. The van der Waals surface area contributed by atoms with E-state index in [9.17, 15) is 9.59 Å². The number of hydrogen-bond acceptors (Lipinski definition) is 2. The Morgan fingerprint density at radius 1 is 1.10 bits per heavy atom. The van der Waals surface area contributed by atoms with Gasteiger partial charge in [0.25, 0.3) is 0 Å². The van der Waals surface area contributed by atoms with Gasteiger partial charge in [-0.15, -0.1) is 0 Å². The van der Waals surface area contributed by atoms with Gasteiger partial charge in [-0.05, 0) is 50.4 Å². The lowest BCUT2D eigenvalue weighted by molar-refractivity contribution is -0.140. The molecule has 0 aromatic heterocycles. The Labute approximate surface area is 129 Å². The zero-order valence-electron chi connectivity index (χ0n) is 14.3. The van der Waals surface area contributed by atoms with Crippen LogP contribution in [0, 0.1) is 11.3 Å². The standard InChI is InChI=1S/C17H32N2O2/c1-6-12(3)18-15(20)16(21)19-14-10-8-13(9-11-14)17(4,5)7-2/h12-14H,6-11H2,1-5H3,(H,18,20)(H,19,21)/t12-,13?,14?/m0/s1. The van der Waals surface area contributed by atoms with Gasteiger partial charge in [0.05, 0.1) is 0 Å². The lowest BCUT2D eigenvalue weighted by Crippen LogP contribution is -2.48. The minimum atomic E-state index is -0.500. The summed E-state index contributed by atoms with van der Waals surface area (Å²) in [6, 6.07) is 0.202. The van der Waals surface area contributed by atoms with Crippen molar-refractivity contribution in [1.29, 1.82) is 0 Å². The van der Waals surface area contributed by atoms with Crippen LogP contribution in [0.5, 0.6) is 0 Å². The molecule has 0 saturated heterocycles. The summed E-state index contributed by atoms with van der Waals surface area (Å²) in [6.45, 7) is 10.8. The molecule has 1 fully saturated rings. The smallest absolute Gasteiger partial charge is 0.309 e. The zero-order chi connectivity index (χ0) is 16.0. The minimum absolute atomic E-state index is 0.0457. The van der Waals surface area contributed by atoms with E-state index in [1.807, 2.05) is 13.8 Å². The second-order valence-electron chi connectivity index (χ2n) is 7.15. The molecule has 1 saturated carbocycles. The number of carbonyl (C=O) groups excluding carboxylic acids is 2. The van der Waals surface area contributed by atoms with Crippen molar-refractivity contribution < 1.29 is 9.59 Å². The fourth-order valence-electron chi connectivity index (χ4n) is 2.95. The highest BCUT2D eigenvalue weighted by Gasteiger charge is 2.32. The second kappa shape index (κ2) is 7.81. The molecule has 2 N–H and O–H groups in total. The summed E-state index contributed by atoms with van der Waals surface area (Å²) in [6.07, 6.45) is 6.26. The highest BCUT2D eigenvalue weighted by atomic mass is 16.2. The van der Waals surface area contributed by atoms with E-state index in [0.29, 0.717) is 5.41 Å². The van der Waals surface area contributed by atoms with E-state index in [4.69, 9.17) is 0 Å². The molecule has 4 heteroatoms. The number of rotatable bonds is 5. The van der Waals surface area contributed by atoms with Gasteiger partial charge in [-0.25, -0.2) is 0 Å².